The van der Waals surface area contributed by atoms with Crippen molar-refractivity contribution in [3.63, 3.8) is 0 Å². The molecule has 0 aliphatic carbocycles. The van der Waals surface area contributed by atoms with Gasteiger partial charge >= 0.3 is 5.82 Å². The molecular weight excluding hydrogens is 324 g/mol. The molecule has 1 rings (SSSR count). The van der Waals surface area contributed by atoms with Gasteiger partial charge in [-0.05, 0) is 18.3 Å². The molecular formula is C10H15ClN4O5S. The minimum Gasteiger partial charge on any atom is -0.358 e. The van der Waals surface area contributed by atoms with Crippen LogP contribution < -0.4 is 5.32 Å². The van der Waals surface area contributed by atoms with Crippen LogP contribution in [0.4, 0.5) is 5.82 Å². The fourth-order valence-electron chi connectivity index (χ4n) is 1.75. The molecule has 0 fully saturated rings. The number of amides is 1. The third-order valence-electron chi connectivity index (χ3n) is 2.58. The predicted octanol–water partition coefficient (Wildman–Crippen LogP) is 1.02. The van der Waals surface area contributed by atoms with Gasteiger partial charge in [-0.25, -0.2) is 8.42 Å². The normalized spacial score (nSPS) is 12.9. The lowest BCUT2D eigenvalue weighted by Gasteiger charge is -2.11. The first kappa shape index (κ1) is 17.4. The highest BCUT2D eigenvalue weighted by Gasteiger charge is 2.30. The number of nitro groups is 1. The molecule has 1 heterocycles. The van der Waals surface area contributed by atoms with Crippen LogP contribution in [0.15, 0.2) is 11.1 Å². The Morgan fingerprint density at radius 2 is 2.24 bits per heavy atom. The topological polar surface area (TPSA) is 124 Å². The average molecular weight is 339 g/mol. The Balaban J connectivity index is 2.91. The predicted molar refractivity (Wildman–Crippen MR) is 74.4 cm³/mol. The smallest absolute Gasteiger partial charge is 0.358 e. The Morgan fingerprint density at radius 1 is 1.62 bits per heavy atom. The van der Waals surface area contributed by atoms with Crippen LogP contribution in [0, 0.1) is 10.1 Å². The largest absolute Gasteiger partial charge is 0.410 e. The van der Waals surface area contributed by atoms with Gasteiger partial charge in [-0.1, -0.05) is 13.3 Å². The summed E-state index contributed by atoms with van der Waals surface area (Å²) in [6.45, 7) is 3.46. The SMILES string of the molecule is CCCC(C)NC(=O)Cn1cc(S(=O)(=O)Cl)c([N+](=O)[O-])n1. The number of hydrogen-bond acceptors (Lipinski definition) is 6. The summed E-state index contributed by atoms with van der Waals surface area (Å²) in [5.41, 5.74) is 0. The van der Waals surface area contributed by atoms with Gasteiger partial charge in [0, 0.05) is 16.7 Å². The van der Waals surface area contributed by atoms with Gasteiger partial charge in [-0.15, -0.1) is 0 Å². The summed E-state index contributed by atoms with van der Waals surface area (Å²) < 4.78 is 23.3. The lowest BCUT2D eigenvalue weighted by atomic mass is 10.2. The summed E-state index contributed by atoms with van der Waals surface area (Å²) in [7, 11) is 0.788. The van der Waals surface area contributed by atoms with Crippen molar-refractivity contribution >= 4 is 31.5 Å². The molecule has 1 N–H and O–H groups in total. The summed E-state index contributed by atoms with van der Waals surface area (Å²) in [4.78, 5) is 20.7. The van der Waals surface area contributed by atoms with Gasteiger partial charge in [0.25, 0.3) is 9.05 Å². The van der Waals surface area contributed by atoms with Crippen molar-refractivity contribution in [1.82, 2.24) is 15.1 Å². The van der Waals surface area contributed by atoms with Gasteiger partial charge in [-0.3, -0.25) is 4.79 Å². The number of hydrogen-bond donors (Lipinski definition) is 1. The van der Waals surface area contributed by atoms with E-state index >= 15 is 0 Å². The zero-order chi connectivity index (χ0) is 16.2. The van der Waals surface area contributed by atoms with E-state index in [1.165, 1.54) is 0 Å². The number of carbonyl (C=O) groups excluding carboxylic acids is 1. The molecule has 1 atom stereocenters. The van der Waals surface area contributed by atoms with Crippen LogP contribution in [0.2, 0.25) is 0 Å². The van der Waals surface area contributed by atoms with E-state index in [1.807, 2.05) is 13.8 Å². The molecule has 9 nitrogen and oxygen atoms in total. The van der Waals surface area contributed by atoms with Gasteiger partial charge in [0.15, 0.2) is 0 Å². The summed E-state index contributed by atoms with van der Waals surface area (Å²) in [6.07, 6.45) is 2.54. The number of halogens is 1. The van der Waals surface area contributed by atoms with Crippen LogP contribution in [0.1, 0.15) is 26.7 Å². The van der Waals surface area contributed by atoms with Gasteiger partial charge in [0.1, 0.15) is 6.54 Å². The molecule has 0 saturated carbocycles. The molecule has 0 spiro atoms. The first-order valence-corrected chi connectivity index (χ1v) is 8.42. The molecule has 118 valence electrons. The molecule has 0 saturated heterocycles. The number of carbonyl (C=O) groups is 1. The highest BCUT2D eigenvalue weighted by atomic mass is 35.7. The number of nitrogens with one attached hydrogen (secondary N) is 1. The third kappa shape index (κ3) is 4.97. The molecule has 11 heteroatoms. The van der Waals surface area contributed by atoms with E-state index in [0.717, 1.165) is 23.7 Å². The van der Waals surface area contributed by atoms with Gasteiger partial charge < -0.3 is 15.4 Å². The van der Waals surface area contributed by atoms with E-state index in [2.05, 4.69) is 10.4 Å². The number of aromatic nitrogens is 2. The zero-order valence-corrected chi connectivity index (χ0v) is 13.0. The van der Waals surface area contributed by atoms with Crippen molar-refractivity contribution in [3.05, 3.63) is 16.3 Å². The maximum Gasteiger partial charge on any atom is 0.410 e. The zero-order valence-electron chi connectivity index (χ0n) is 11.4. The molecule has 1 aromatic heterocycles. The molecule has 0 radical (unpaired) electrons. The third-order valence-corrected chi connectivity index (χ3v) is 3.89. The van der Waals surface area contributed by atoms with Crippen molar-refractivity contribution in [3.8, 4) is 0 Å². The van der Waals surface area contributed by atoms with E-state index in [1.54, 1.807) is 0 Å². The summed E-state index contributed by atoms with van der Waals surface area (Å²) in [6, 6.07) is -0.0516. The Labute approximate surface area is 125 Å². The monoisotopic (exact) mass is 338 g/mol. The van der Waals surface area contributed by atoms with Crippen molar-refractivity contribution in [1.29, 1.82) is 0 Å². The molecule has 1 unspecified atom stereocenters. The fraction of sp³-hybridized carbons (Fsp3) is 0.600. The summed E-state index contributed by atoms with van der Waals surface area (Å²) in [5.74, 6) is -1.33. The van der Waals surface area contributed by atoms with Crippen LogP contribution in [-0.4, -0.2) is 35.1 Å². The molecule has 0 aliphatic rings. The molecule has 0 bridgehead atoms. The minimum atomic E-state index is -4.31. The van der Waals surface area contributed by atoms with Crippen LogP contribution in [-0.2, 0) is 20.4 Å². The standard InChI is InChI=1S/C10H15ClN4O5S/c1-3-4-7(2)12-9(16)6-14-5-8(21(11,19)20)10(13-14)15(17)18/h5,7H,3-4,6H2,1-2H3,(H,12,16). The maximum absolute atomic E-state index is 11.7. The molecule has 1 amide bonds. The van der Waals surface area contributed by atoms with Gasteiger partial charge in [-0.2, -0.15) is 4.68 Å². The Morgan fingerprint density at radius 3 is 2.67 bits per heavy atom. The molecule has 0 aromatic carbocycles. The van der Waals surface area contributed by atoms with Crippen molar-refractivity contribution in [2.75, 3.05) is 0 Å². The average Bonchev–Trinajstić information content (AvgIpc) is 2.72. The van der Waals surface area contributed by atoms with Gasteiger partial charge in [0.2, 0.25) is 10.8 Å². The first-order chi connectivity index (χ1) is 9.65. The Hall–Kier alpha value is -1.68. The van der Waals surface area contributed by atoms with Crippen molar-refractivity contribution in [2.45, 2.75) is 44.2 Å². The fourth-order valence-corrected chi connectivity index (χ4v) is 2.65. The van der Waals surface area contributed by atoms with Crippen LogP contribution >= 0.6 is 10.7 Å². The van der Waals surface area contributed by atoms with Crippen molar-refractivity contribution in [2.24, 2.45) is 0 Å². The Kier molecular flexibility index (Phi) is 5.67. The second-order valence-corrected chi connectivity index (χ2v) is 7.00. The highest BCUT2D eigenvalue weighted by molar-refractivity contribution is 8.13. The van der Waals surface area contributed by atoms with Crippen LogP contribution in [0.5, 0.6) is 0 Å². The van der Waals surface area contributed by atoms with E-state index in [4.69, 9.17) is 10.7 Å². The number of nitrogens with zero attached hydrogens (tertiary/aromatic N) is 3. The first-order valence-electron chi connectivity index (χ1n) is 6.11. The van der Waals surface area contributed by atoms with Crippen molar-refractivity contribution < 1.29 is 18.1 Å². The highest BCUT2D eigenvalue weighted by Crippen LogP contribution is 2.24. The number of rotatable bonds is 7. The van der Waals surface area contributed by atoms with Crippen LogP contribution in [0.25, 0.3) is 0 Å². The van der Waals surface area contributed by atoms with E-state index in [0.29, 0.717) is 0 Å². The van der Waals surface area contributed by atoms with E-state index in [9.17, 15) is 23.3 Å². The molecule has 0 aliphatic heterocycles. The van der Waals surface area contributed by atoms with Gasteiger partial charge in [0.05, 0.1) is 11.3 Å². The second kappa shape index (κ2) is 6.85. The van der Waals surface area contributed by atoms with Crippen LogP contribution in [0.3, 0.4) is 0 Å². The Bertz CT molecular complexity index is 642. The second-order valence-electron chi connectivity index (χ2n) is 4.47. The molecule has 1 aromatic rings. The summed E-state index contributed by atoms with van der Waals surface area (Å²) in [5, 5.41) is 16.9. The molecule has 21 heavy (non-hydrogen) atoms. The summed E-state index contributed by atoms with van der Waals surface area (Å²) >= 11 is 0. The van der Waals surface area contributed by atoms with E-state index < -0.39 is 30.6 Å². The lowest BCUT2D eigenvalue weighted by molar-refractivity contribution is -0.392. The maximum atomic E-state index is 11.7. The van der Waals surface area contributed by atoms with E-state index in [-0.39, 0.29) is 12.6 Å². The minimum absolute atomic E-state index is 0.0516. The quantitative estimate of drug-likeness (QED) is 0.449. The lowest BCUT2D eigenvalue weighted by Crippen LogP contribution is -2.35.